The Morgan fingerprint density at radius 2 is 1.93 bits per heavy atom. The van der Waals surface area contributed by atoms with Gasteiger partial charge in [-0.25, -0.2) is 4.39 Å². The maximum Gasteiger partial charge on any atom is 0.419 e. The second-order valence-electron chi connectivity index (χ2n) is 2.88. The third-order valence-corrected chi connectivity index (χ3v) is 1.87. The Labute approximate surface area is 83.7 Å². The lowest BCUT2D eigenvalue weighted by Crippen LogP contribution is -2.13. The Bertz CT molecular complexity index is 370. The summed E-state index contributed by atoms with van der Waals surface area (Å²) in [5.74, 6) is -1.40. The molecule has 1 unspecified atom stereocenters. The molecule has 0 saturated carbocycles. The molecule has 5 heteroatoms. The fourth-order valence-corrected chi connectivity index (χ4v) is 1.21. The quantitative estimate of drug-likeness (QED) is 0.599. The topological polar surface area (TPSA) is 20.2 Å². The molecule has 0 heterocycles. The minimum Gasteiger partial charge on any atom is -0.384 e. The summed E-state index contributed by atoms with van der Waals surface area (Å²) in [6.45, 7) is 3.15. The van der Waals surface area contributed by atoms with Crippen LogP contribution in [0.5, 0.6) is 0 Å². The van der Waals surface area contributed by atoms with E-state index in [1.54, 1.807) is 0 Å². The Balaban J connectivity index is 3.39. The minimum atomic E-state index is -4.83. The Morgan fingerprint density at radius 3 is 2.40 bits per heavy atom. The van der Waals surface area contributed by atoms with Crippen molar-refractivity contribution in [2.75, 3.05) is 0 Å². The van der Waals surface area contributed by atoms with E-state index in [1.807, 2.05) is 0 Å². The van der Waals surface area contributed by atoms with E-state index < -0.39 is 29.2 Å². The monoisotopic (exact) mass is 220 g/mol. The summed E-state index contributed by atoms with van der Waals surface area (Å²) in [6.07, 6.45) is -5.45. The highest BCUT2D eigenvalue weighted by molar-refractivity contribution is 5.34. The number of hydrogen-bond donors (Lipinski definition) is 1. The summed E-state index contributed by atoms with van der Waals surface area (Å²) in [7, 11) is 0. The standard InChI is InChI=1S/C10H8F4O/c1-2-8(15)6-4-3-5-7(11)9(6)10(12,13)14/h2-5,8,15H,1H2. The van der Waals surface area contributed by atoms with Gasteiger partial charge in [-0.1, -0.05) is 18.2 Å². The van der Waals surface area contributed by atoms with Gasteiger partial charge in [0, 0.05) is 0 Å². The van der Waals surface area contributed by atoms with Crippen molar-refractivity contribution in [1.29, 1.82) is 0 Å². The van der Waals surface area contributed by atoms with Crippen molar-refractivity contribution >= 4 is 0 Å². The zero-order chi connectivity index (χ0) is 11.6. The summed E-state index contributed by atoms with van der Waals surface area (Å²) in [4.78, 5) is 0. The van der Waals surface area contributed by atoms with Gasteiger partial charge in [-0.15, -0.1) is 6.58 Å². The van der Waals surface area contributed by atoms with E-state index in [1.165, 1.54) is 0 Å². The smallest absolute Gasteiger partial charge is 0.384 e. The predicted molar refractivity (Wildman–Crippen MR) is 46.6 cm³/mol. The van der Waals surface area contributed by atoms with Crippen LogP contribution in [0.2, 0.25) is 0 Å². The first-order valence-corrected chi connectivity index (χ1v) is 4.04. The van der Waals surface area contributed by atoms with E-state index >= 15 is 0 Å². The van der Waals surface area contributed by atoms with Gasteiger partial charge < -0.3 is 5.11 Å². The first-order chi connectivity index (χ1) is 6.88. The molecule has 0 fully saturated rings. The fraction of sp³-hybridized carbons (Fsp3) is 0.200. The van der Waals surface area contributed by atoms with Crippen LogP contribution in [0.1, 0.15) is 17.2 Å². The lowest BCUT2D eigenvalue weighted by atomic mass is 10.0. The SMILES string of the molecule is C=CC(O)c1cccc(F)c1C(F)(F)F. The highest BCUT2D eigenvalue weighted by atomic mass is 19.4. The van der Waals surface area contributed by atoms with Crippen LogP contribution in [0.25, 0.3) is 0 Å². The highest BCUT2D eigenvalue weighted by Crippen LogP contribution is 2.36. The first-order valence-electron chi connectivity index (χ1n) is 4.04. The molecule has 1 atom stereocenters. The van der Waals surface area contributed by atoms with Crippen LogP contribution in [-0.4, -0.2) is 5.11 Å². The molecule has 0 aliphatic carbocycles. The number of benzene rings is 1. The first kappa shape index (κ1) is 11.7. The van der Waals surface area contributed by atoms with E-state index in [0.29, 0.717) is 6.07 Å². The number of halogens is 4. The molecule has 1 aromatic rings. The van der Waals surface area contributed by atoms with Crippen molar-refractivity contribution < 1.29 is 22.7 Å². The molecule has 0 aliphatic rings. The maximum atomic E-state index is 13.0. The lowest BCUT2D eigenvalue weighted by molar-refractivity contribution is -0.141. The number of alkyl halides is 3. The summed E-state index contributed by atoms with van der Waals surface area (Å²) in [5.41, 5.74) is -1.98. The van der Waals surface area contributed by atoms with E-state index in [4.69, 9.17) is 0 Å². The van der Waals surface area contributed by atoms with Gasteiger partial charge >= 0.3 is 6.18 Å². The van der Waals surface area contributed by atoms with Crippen LogP contribution in [0.15, 0.2) is 30.9 Å². The largest absolute Gasteiger partial charge is 0.419 e. The Kier molecular flexibility index (Phi) is 3.14. The molecule has 1 N–H and O–H groups in total. The van der Waals surface area contributed by atoms with Gasteiger partial charge in [0.25, 0.3) is 0 Å². The van der Waals surface area contributed by atoms with Crippen LogP contribution in [0, 0.1) is 5.82 Å². The average Bonchev–Trinajstić information content (AvgIpc) is 2.14. The van der Waals surface area contributed by atoms with Crippen molar-refractivity contribution in [1.82, 2.24) is 0 Å². The van der Waals surface area contributed by atoms with Gasteiger partial charge in [-0.3, -0.25) is 0 Å². The minimum absolute atomic E-state index is 0.530. The van der Waals surface area contributed by atoms with Gasteiger partial charge in [0.1, 0.15) is 5.82 Å². The van der Waals surface area contributed by atoms with Crippen LogP contribution in [-0.2, 0) is 6.18 Å². The Morgan fingerprint density at radius 1 is 1.33 bits per heavy atom. The van der Waals surface area contributed by atoms with Gasteiger partial charge in [0.2, 0.25) is 0 Å². The van der Waals surface area contributed by atoms with Gasteiger partial charge in [0.05, 0.1) is 11.7 Å². The molecule has 82 valence electrons. The average molecular weight is 220 g/mol. The summed E-state index contributed by atoms with van der Waals surface area (Å²) in [6, 6.07) is 2.81. The molecule has 0 radical (unpaired) electrons. The molecule has 0 aromatic heterocycles. The van der Waals surface area contributed by atoms with Gasteiger partial charge in [-0.2, -0.15) is 13.2 Å². The molecular formula is C10H8F4O. The van der Waals surface area contributed by atoms with Crippen molar-refractivity contribution in [3.8, 4) is 0 Å². The second-order valence-corrected chi connectivity index (χ2v) is 2.88. The zero-order valence-corrected chi connectivity index (χ0v) is 7.55. The van der Waals surface area contributed by atoms with Crippen LogP contribution < -0.4 is 0 Å². The number of hydrogen-bond acceptors (Lipinski definition) is 1. The zero-order valence-electron chi connectivity index (χ0n) is 7.55. The third kappa shape index (κ3) is 2.36. The summed E-state index contributed by atoms with van der Waals surface area (Å²) in [5, 5.41) is 9.21. The molecule has 1 nitrogen and oxygen atoms in total. The molecule has 1 rings (SSSR count). The second kappa shape index (κ2) is 4.02. The molecule has 0 bridgehead atoms. The van der Waals surface area contributed by atoms with E-state index in [0.717, 1.165) is 18.2 Å². The normalized spacial score (nSPS) is 13.7. The van der Waals surface area contributed by atoms with Gasteiger partial charge in [-0.05, 0) is 11.6 Å². The van der Waals surface area contributed by atoms with Crippen LogP contribution >= 0.6 is 0 Å². The van der Waals surface area contributed by atoms with Crippen LogP contribution in [0.3, 0.4) is 0 Å². The van der Waals surface area contributed by atoms with Crippen molar-refractivity contribution in [3.05, 3.63) is 47.8 Å². The van der Waals surface area contributed by atoms with E-state index in [2.05, 4.69) is 6.58 Å². The summed E-state index contributed by atoms with van der Waals surface area (Å²) < 4.78 is 50.2. The number of rotatable bonds is 2. The fourth-order valence-electron chi connectivity index (χ4n) is 1.21. The number of aliphatic hydroxyl groups is 1. The van der Waals surface area contributed by atoms with Crippen molar-refractivity contribution in [2.45, 2.75) is 12.3 Å². The molecular weight excluding hydrogens is 212 g/mol. The predicted octanol–water partition coefficient (Wildman–Crippen LogP) is 3.06. The third-order valence-electron chi connectivity index (χ3n) is 1.87. The lowest BCUT2D eigenvalue weighted by Gasteiger charge is -2.15. The Hall–Kier alpha value is -1.36. The molecule has 0 amide bonds. The molecule has 0 saturated heterocycles. The van der Waals surface area contributed by atoms with Crippen molar-refractivity contribution in [3.63, 3.8) is 0 Å². The molecule has 15 heavy (non-hydrogen) atoms. The maximum absolute atomic E-state index is 13.0. The molecule has 0 aliphatic heterocycles. The molecule has 0 spiro atoms. The number of aliphatic hydroxyl groups excluding tert-OH is 1. The van der Waals surface area contributed by atoms with E-state index in [9.17, 15) is 22.7 Å². The van der Waals surface area contributed by atoms with Crippen molar-refractivity contribution in [2.24, 2.45) is 0 Å². The van der Waals surface area contributed by atoms with Crippen LogP contribution in [0.4, 0.5) is 17.6 Å². The van der Waals surface area contributed by atoms with Gasteiger partial charge in [0.15, 0.2) is 0 Å². The molecule has 1 aromatic carbocycles. The highest BCUT2D eigenvalue weighted by Gasteiger charge is 2.37. The summed E-state index contributed by atoms with van der Waals surface area (Å²) >= 11 is 0. The van der Waals surface area contributed by atoms with E-state index in [-0.39, 0.29) is 0 Å².